The number of nitrogens with zero attached hydrogens (tertiary/aromatic N) is 3. The van der Waals surface area contributed by atoms with Crippen LogP contribution in [0.25, 0.3) is 10.2 Å². The van der Waals surface area contributed by atoms with Crippen molar-refractivity contribution in [2.45, 2.75) is 83.0 Å². The van der Waals surface area contributed by atoms with Crippen LogP contribution < -0.4 is 10.5 Å². The molecule has 2 aromatic heterocycles. The Balaban J connectivity index is 1.42. The van der Waals surface area contributed by atoms with Crippen LogP contribution in [0, 0.1) is 0 Å². The number of carbonyl (C=O) groups excluding carboxylic acids is 2. The lowest BCUT2D eigenvalue weighted by Crippen LogP contribution is -2.43. The van der Waals surface area contributed by atoms with Gasteiger partial charge in [0.15, 0.2) is 0 Å². The fraction of sp³-hybridized carbons (Fsp3) is 0.667. The smallest absolute Gasteiger partial charge is 0.410 e. The van der Waals surface area contributed by atoms with Crippen molar-refractivity contribution in [2.24, 2.45) is 5.73 Å². The first-order chi connectivity index (χ1) is 16.1. The number of hydrogen-bond acceptors (Lipinski definition) is 8. The van der Waals surface area contributed by atoms with Crippen molar-refractivity contribution in [3.05, 3.63) is 16.8 Å². The fourth-order valence-electron chi connectivity index (χ4n) is 4.79. The van der Waals surface area contributed by atoms with Crippen LogP contribution in [0.15, 0.2) is 6.33 Å². The molecule has 0 saturated heterocycles. The van der Waals surface area contributed by atoms with E-state index in [0.29, 0.717) is 12.5 Å². The van der Waals surface area contributed by atoms with Gasteiger partial charge in [0.2, 0.25) is 11.8 Å². The van der Waals surface area contributed by atoms with E-state index in [2.05, 4.69) is 9.97 Å². The molecule has 0 aliphatic heterocycles. The van der Waals surface area contributed by atoms with Gasteiger partial charge in [-0.3, -0.25) is 4.79 Å². The highest BCUT2D eigenvalue weighted by atomic mass is 32.1. The Morgan fingerprint density at radius 3 is 2.59 bits per heavy atom. The molecule has 9 nitrogen and oxygen atoms in total. The lowest BCUT2D eigenvalue weighted by molar-refractivity contribution is -0.122. The van der Waals surface area contributed by atoms with Gasteiger partial charge in [-0.15, -0.1) is 11.3 Å². The maximum Gasteiger partial charge on any atom is 0.410 e. The van der Waals surface area contributed by atoms with Crippen molar-refractivity contribution < 1.29 is 23.8 Å². The van der Waals surface area contributed by atoms with Gasteiger partial charge in [0.1, 0.15) is 29.5 Å². The number of nitrogens with two attached hydrogens (primary N) is 1. The molecule has 2 amide bonds. The first-order valence-electron chi connectivity index (χ1n) is 11.9. The molecule has 1 atom stereocenters. The molecule has 186 valence electrons. The quantitative estimate of drug-likeness (QED) is 0.628. The van der Waals surface area contributed by atoms with Crippen molar-refractivity contribution in [1.29, 1.82) is 0 Å². The van der Waals surface area contributed by atoms with E-state index in [1.165, 1.54) is 10.4 Å². The van der Waals surface area contributed by atoms with Crippen molar-refractivity contribution in [1.82, 2.24) is 14.9 Å². The topological polar surface area (TPSA) is 117 Å². The number of aryl methyl sites for hydroxylation is 1. The van der Waals surface area contributed by atoms with Gasteiger partial charge in [0.05, 0.1) is 12.0 Å². The number of ether oxygens (including phenoxy) is 3. The third-order valence-electron chi connectivity index (χ3n) is 6.41. The minimum absolute atomic E-state index is 0.0305. The number of rotatable bonds is 7. The van der Waals surface area contributed by atoms with Crippen LogP contribution in [0.5, 0.6) is 5.88 Å². The Morgan fingerprint density at radius 1 is 1.18 bits per heavy atom. The van der Waals surface area contributed by atoms with Gasteiger partial charge in [-0.1, -0.05) is 0 Å². The normalized spacial score (nSPS) is 22.4. The second-order valence-electron chi connectivity index (χ2n) is 10.2. The van der Waals surface area contributed by atoms with Gasteiger partial charge in [-0.2, -0.15) is 0 Å². The molecule has 34 heavy (non-hydrogen) atoms. The first kappa shape index (κ1) is 24.7. The zero-order chi connectivity index (χ0) is 24.5. The molecule has 2 N–H and O–H groups in total. The minimum Gasteiger partial charge on any atom is -0.474 e. The molecule has 0 bridgehead atoms. The minimum atomic E-state index is -0.506. The third-order valence-corrected chi connectivity index (χ3v) is 7.58. The maximum atomic E-state index is 12.4. The molecule has 10 heteroatoms. The van der Waals surface area contributed by atoms with Gasteiger partial charge in [-0.05, 0) is 64.9 Å². The highest BCUT2D eigenvalue weighted by Crippen LogP contribution is 2.46. The summed E-state index contributed by atoms with van der Waals surface area (Å²) in [5.41, 5.74) is 5.90. The lowest BCUT2D eigenvalue weighted by Gasteiger charge is -2.35. The zero-order valence-corrected chi connectivity index (χ0v) is 21.2. The van der Waals surface area contributed by atoms with Gasteiger partial charge in [0, 0.05) is 23.9 Å². The van der Waals surface area contributed by atoms with Gasteiger partial charge in [0.25, 0.3) is 0 Å². The number of amides is 2. The zero-order valence-electron chi connectivity index (χ0n) is 20.3. The summed E-state index contributed by atoms with van der Waals surface area (Å²) in [4.78, 5) is 36.4. The molecule has 0 radical (unpaired) electrons. The molecule has 0 spiro atoms. The third kappa shape index (κ3) is 5.60. The Bertz CT molecular complexity index is 1040. The highest BCUT2D eigenvalue weighted by Gasteiger charge is 2.33. The second kappa shape index (κ2) is 10.0. The Hall–Kier alpha value is -2.46. The molecule has 0 unspecified atom stereocenters. The van der Waals surface area contributed by atoms with E-state index in [1.807, 2.05) is 27.8 Å². The van der Waals surface area contributed by atoms with Crippen LogP contribution >= 0.6 is 11.3 Å². The molecule has 2 aliphatic rings. The maximum absolute atomic E-state index is 12.4. The Kier molecular flexibility index (Phi) is 7.28. The van der Waals surface area contributed by atoms with E-state index in [4.69, 9.17) is 19.9 Å². The number of carbonyl (C=O) groups is 2. The molecule has 2 heterocycles. The van der Waals surface area contributed by atoms with E-state index in [1.54, 1.807) is 22.6 Å². The molecule has 0 aromatic carbocycles. The van der Waals surface area contributed by atoms with Crippen molar-refractivity contribution in [3.8, 4) is 5.88 Å². The van der Waals surface area contributed by atoms with Gasteiger partial charge < -0.3 is 24.8 Å². The van der Waals surface area contributed by atoms with E-state index in [0.717, 1.165) is 48.7 Å². The average molecular weight is 491 g/mol. The van der Waals surface area contributed by atoms with Crippen LogP contribution in [0.2, 0.25) is 0 Å². The molecule has 2 aromatic rings. The van der Waals surface area contributed by atoms with E-state index < -0.39 is 11.5 Å². The summed E-state index contributed by atoms with van der Waals surface area (Å²) < 4.78 is 17.5. The van der Waals surface area contributed by atoms with Crippen LogP contribution in [0.3, 0.4) is 0 Å². The predicted octanol–water partition coefficient (Wildman–Crippen LogP) is 3.78. The van der Waals surface area contributed by atoms with Crippen LogP contribution in [0.1, 0.15) is 69.2 Å². The van der Waals surface area contributed by atoms with E-state index >= 15 is 0 Å². The van der Waals surface area contributed by atoms with Gasteiger partial charge in [-0.25, -0.2) is 14.8 Å². The SMILES string of the molecule is CN(C(=O)OC(C)(C)C)[C@H]1CC[C@H](Oc2ncnc3sc4c(c23)[C@@H](COCC(N)=O)CC4)CC1. The fourth-order valence-corrected chi connectivity index (χ4v) is 6.02. The molecule has 4 rings (SSSR count). The monoisotopic (exact) mass is 490 g/mol. The molecular formula is C24H34N4O5S. The molecule has 1 fully saturated rings. The first-order valence-corrected chi connectivity index (χ1v) is 12.7. The molecule has 1 saturated carbocycles. The van der Waals surface area contributed by atoms with E-state index in [9.17, 15) is 9.59 Å². The van der Waals surface area contributed by atoms with Crippen molar-refractivity contribution >= 4 is 33.6 Å². The standard InChI is InChI=1S/C24H34N4O5S/c1-24(2,3)33-23(30)28(4)15-6-8-16(9-7-15)32-21-20-19-14(11-31-12-18(25)29)5-10-17(19)34-22(20)27-13-26-21/h13-16H,5-12H2,1-4H3,(H2,25,29)/t14-,15-,16-/m1/s1. The summed E-state index contributed by atoms with van der Waals surface area (Å²) in [6, 6.07) is 0.136. The lowest BCUT2D eigenvalue weighted by atomic mass is 9.92. The number of thiophene rings is 1. The predicted molar refractivity (Wildman–Crippen MR) is 129 cm³/mol. The second-order valence-corrected chi connectivity index (χ2v) is 11.2. The largest absolute Gasteiger partial charge is 0.474 e. The van der Waals surface area contributed by atoms with Gasteiger partial charge >= 0.3 is 6.09 Å². The number of fused-ring (bicyclic) bond motifs is 3. The summed E-state index contributed by atoms with van der Waals surface area (Å²) in [7, 11) is 1.81. The van der Waals surface area contributed by atoms with E-state index in [-0.39, 0.29) is 30.8 Å². The van der Waals surface area contributed by atoms with Crippen LogP contribution in [-0.4, -0.2) is 64.9 Å². The average Bonchev–Trinajstić information content (AvgIpc) is 3.32. The summed E-state index contributed by atoms with van der Waals surface area (Å²) in [5.74, 6) is 0.330. The summed E-state index contributed by atoms with van der Waals surface area (Å²) in [6.07, 6.45) is 6.59. The highest BCUT2D eigenvalue weighted by molar-refractivity contribution is 7.19. The Labute approximate surface area is 204 Å². The number of aromatic nitrogens is 2. The van der Waals surface area contributed by atoms with Crippen LogP contribution in [0.4, 0.5) is 4.79 Å². The molecule has 2 aliphatic carbocycles. The number of hydrogen-bond donors (Lipinski definition) is 1. The molecular weight excluding hydrogens is 456 g/mol. The Morgan fingerprint density at radius 2 is 1.91 bits per heavy atom. The van der Waals surface area contributed by atoms with Crippen molar-refractivity contribution in [3.63, 3.8) is 0 Å². The number of primary amides is 1. The summed E-state index contributed by atoms with van der Waals surface area (Å²) in [6.45, 7) is 6.00. The summed E-state index contributed by atoms with van der Waals surface area (Å²) in [5, 5.41) is 0.973. The van der Waals surface area contributed by atoms with Crippen LogP contribution in [-0.2, 0) is 20.7 Å². The summed E-state index contributed by atoms with van der Waals surface area (Å²) >= 11 is 1.68. The van der Waals surface area contributed by atoms with Crippen molar-refractivity contribution in [2.75, 3.05) is 20.3 Å².